The van der Waals surface area contributed by atoms with Gasteiger partial charge in [-0.2, -0.15) is 0 Å². The van der Waals surface area contributed by atoms with Crippen molar-refractivity contribution in [2.75, 3.05) is 25.6 Å². The molecule has 7 heteroatoms. The molecule has 1 fully saturated rings. The number of amides is 1. The van der Waals surface area contributed by atoms with Crippen LogP contribution in [0.3, 0.4) is 0 Å². The number of hydrogen-bond acceptors (Lipinski definition) is 5. The summed E-state index contributed by atoms with van der Waals surface area (Å²) in [6.07, 6.45) is 1.87. The smallest absolute Gasteiger partial charge is 0.264 e. The van der Waals surface area contributed by atoms with Crippen LogP contribution in [0.4, 0.5) is 11.4 Å². The molecule has 1 aliphatic heterocycles. The van der Waals surface area contributed by atoms with Gasteiger partial charge in [0.25, 0.3) is 5.91 Å². The van der Waals surface area contributed by atoms with E-state index in [4.69, 9.17) is 4.74 Å². The van der Waals surface area contributed by atoms with E-state index in [1.807, 2.05) is 74.5 Å². The first-order valence-corrected chi connectivity index (χ1v) is 10.1. The number of amidine groups is 1. The maximum Gasteiger partial charge on any atom is 0.264 e. The zero-order valence-electron chi connectivity index (χ0n) is 15.3. The van der Waals surface area contributed by atoms with Crippen LogP contribution in [0, 0.1) is 0 Å². The molecule has 2 aromatic rings. The number of carbonyl (C=O) groups excluding carboxylic acids is 1. The van der Waals surface area contributed by atoms with Gasteiger partial charge in [0.15, 0.2) is 5.17 Å². The van der Waals surface area contributed by atoms with E-state index in [1.165, 1.54) is 11.8 Å². The summed E-state index contributed by atoms with van der Waals surface area (Å²) in [5.41, 5.74) is 2.80. The fraction of sp³-hybridized carbons (Fsp3) is 0.200. The minimum atomic E-state index is -0.141. The summed E-state index contributed by atoms with van der Waals surface area (Å²) in [5.74, 6) is 0.661. The number of nitrogens with one attached hydrogen (secondary N) is 1. The Morgan fingerprint density at radius 2 is 1.96 bits per heavy atom. The number of nitrogens with zero attached hydrogens (tertiary/aromatic N) is 2. The molecule has 140 valence electrons. The van der Waals surface area contributed by atoms with Gasteiger partial charge in [-0.3, -0.25) is 4.79 Å². The normalized spacial score (nSPS) is 16.7. The highest BCUT2D eigenvalue weighted by atomic mass is 79.9. The van der Waals surface area contributed by atoms with Crippen LogP contribution in [0.2, 0.25) is 0 Å². The number of benzene rings is 2. The average Bonchev–Trinajstić information content (AvgIpc) is 2.96. The van der Waals surface area contributed by atoms with Crippen LogP contribution in [0.15, 0.2) is 56.8 Å². The van der Waals surface area contributed by atoms with Gasteiger partial charge < -0.3 is 15.0 Å². The Balaban J connectivity index is 1.76. The number of thioether (sulfide) groups is 1. The van der Waals surface area contributed by atoms with Crippen LogP contribution >= 0.6 is 27.7 Å². The van der Waals surface area contributed by atoms with Crippen molar-refractivity contribution < 1.29 is 9.53 Å². The van der Waals surface area contributed by atoms with Gasteiger partial charge in [-0.15, -0.1) is 0 Å². The number of aliphatic imine (C=N–C) groups is 1. The minimum absolute atomic E-state index is 0.141. The predicted molar refractivity (Wildman–Crippen MR) is 117 cm³/mol. The zero-order chi connectivity index (χ0) is 19.4. The molecule has 27 heavy (non-hydrogen) atoms. The standard InChI is InChI=1S/C20H20BrN3O2S/c1-4-26-15-8-6-14(7-9-15)22-20-23-19(25)18(27-20)12-13-5-10-17(24(2)3)16(21)11-13/h5-12H,4H2,1-3H3,(H,22,23,25)/b18-12+. The highest BCUT2D eigenvalue weighted by Gasteiger charge is 2.23. The Hall–Kier alpha value is -2.25. The van der Waals surface area contributed by atoms with Crippen LogP contribution in [0.5, 0.6) is 5.75 Å². The van der Waals surface area contributed by atoms with Crippen LogP contribution in [0.1, 0.15) is 12.5 Å². The van der Waals surface area contributed by atoms with Crippen molar-refractivity contribution in [1.82, 2.24) is 5.32 Å². The summed E-state index contributed by atoms with van der Waals surface area (Å²) in [4.78, 5) is 19.4. The quantitative estimate of drug-likeness (QED) is 0.671. The second-order valence-corrected chi connectivity index (χ2v) is 7.90. The van der Waals surface area contributed by atoms with Gasteiger partial charge >= 0.3 is 0 Å². The zero-order valence-corrected chi connectivity index (χ0v) is 17.7. The van der Waals surface area contributed by atoms with E-state index in [2.05, 4.69) is 26.2 Å². The van der Waals surface area contributed by atoms with Gasteiger partial charge in [0.05, 0.1) is 22.9 Å². The fourth-order valence-electron chi connectivity index (χ4n) is 2.51. The fourth-order valence-corrected chi connectivity index (χ4v) is 4.10. The Morgan fingerprint density at radius 3 is 2.59 bits per heavy atom. The first-order valence-electron chi connectivity index (χ1n) is 8.45. The van der Waals surface area contributed by atoms with Crippen LogP contribution in [0.25, 0.3) is 6.08 Å². The molecule has 0 bridgehead atoms. The van der Waals surface area contributed by atoms with Gasteiger partial charge in [0, 0.05) is 18.6 Å². The van der Waals surface area contributed by atoms with E-state index in [0.717, 1.165) is 27.2 Å². The third-order valence-corrected chi connectivity index (χ3v) is 5.33. The van der Waals surface area contributed by atoms with Crippen molar-refractivity contribution in [3.05, 3.63) is 57.4 Å². The maximum atomic E-state index is 12.3. The summed E-state index contributed by atoms with van der Waals surface area (Å²) in [6, 6.07) is 13.5. The molecule has 0 atom stereocenters. The van der Waals surface area contributed by atoms with E-state index in [9.17, 15) is 4.79 Å². The van der Waals surface area contributed by atoms with E-state index in [1.54, 1.807) is 0 Å². The first-order chi connectivity index (χ1) is 13.0. The van der Waals surface area contributed by atoms with E-state index < -0.39 is 0 Å². The lowest BCUT2D eigenvalue weighted by atomic mass is 10.2. The van der Waals surface area contributed by atoms with Crippen molar-refractivity contribution in [3.63, 3.8) is 0 Å². The molecule has 1 aliphatic rings. The summed E-state index contributed by atoms with van der Waals surface area (Å²) in [7, 11) is 3.98. The highest BCUT2D eigenvalue weighted by Crippen LogP contribution is 2.31. The van der Waals surface area contributed by atoms with E-state index in [0.29, 0.717) is 16.7 Å². The van der Waals surface area contributed by atoms with Gasteiger partial charge in [-0.05, 0) is 82.7 Å². The molecule has 1 saturated heterocycles. The summed E-state index contributed by atoms with van der Waals surface area (Å²) < 4.78 is 6.40. The molecule has 0 spiro atoms. The monoisotopic (exact) mass is 445 g/mol. The molecule has 0 saturated carbocycles. The molecule has 0 radical (unpaired) electrons. The molecule has 3 rings (SSSR count). The number of ether oxygens (including phenoxy) is 1. The topological polar surface area (TPSA) is 53.9 Å². The summed E-state index contributed by atoms with van der Waals surface area (Å²) >= 11 is 4.91. The predicted octanol–water partition coefficient (Wildman–Crippen LogP) is 4.81. The van der Waals surface area contributed by atoms with Crippen molar-refractivity contribution in [2.24, 2.45) is 4.99 Å². The Kier molecular flexibility index (Phi) is 6.23. The Bertz CT molecular complexity index is 908. The summed E-state index contributed by atoms with van der Waals surface area (Å²) in [5, 5.41) is 3.38. The van der Waals surface area contributed by atoms with Gasteiger partial charge in [0.1, 0.15) is 5.75 Å². The molecule has 0 aliphatic carbocycles. The molecule has 1 amide bonds. The van der Waals surface area contributed by atoms with Gasteiger partial charge in [-0.1, -0.05) is 6.07 Å². The molecule has 1 heterocycles. The third kappa shape index (κ3) is 4.93. The van der Waals surface area contributed by atoms with Crippen LogP contribution in [-0.2, 0) is 4.79 Å². The Labute approximate surface area is 171 Å². The number of anilines is 1. The van der Waals surface area contributed by atoms with Gasteiger partial charge in [0.2, 0.25) is 0 Å². The number of halogens is 1. The van der Waals surface area contributed by atoms with Gasteiger partial charge in [-0.25, -0.2) is 4.99 Å². The van der Waals surface area contributed by atoms with E-state index >= 15 is 0 Å². The second-order valence-electron chi connectivity index (χ2n) is 6.01. The van der Waals surface area contributed by atoms with E-state index in [-0.39, 0.29) is 5.91 Å². The Morgan fingerprint density at radius 1 is 1.22 bits per heavy atom. The number of rotatable bonds is 5. The number of hydrogen-bond donors (Lipinski definition) is 1. The average molecular weight is 446 g/mol. The first kappa shape index (κ1) is 19.5. The van der Waals surface area contributed by atoms with Crippen molar-refractivity contribution in [1.29, 1.82) is 0 Å². The molecular formula is C20H20BrN3O2S. The highest BCUT2D eigenvalue weighted by molar-refractivity contribution is 9.10. The lowest BCUT2D eigenvalue weighted by Crippen LogP contribution is -2.19. The van der Waals surface area contributed by atoms with Crippen molar-refractivity contribution >= 4 is 56.2 Å². The molecule has 0 aromatic heterocycles. The molecule has 5 nitrogen and oxygen atoms in total. The van der Waals surface area contributed by atoms with Crippen molar-refractivity contribution in [3.8, 4) is 5.75 Å². The largest absolute Gasteiger partial charge is 0.494 e. The molecule has 2 aromatic carbocycles. The second kappa shape index (κ2) is 8.63. The molecule has 0 unspecified atom stereocenters. The summed E-state index contributed by atoms with van der Waals surface area (Å²) in [6.45, 7) is 2.57. The maximum absolute atomic E-state index is 12.3. The SMILES string of the molecule is CCOc1ccc(N=C2NC(=O)/C(=C\c3ccc(N(C)C)c(Br)c3)S2)cc1. The lowest BCUT2D eigenvalue weighted by Gasteiger charge is -2.14. The van der Waals surface area contributed by atoms with Crippen LogP contribution in [-0.4, -0.2) is 31.8 Å². The lowest BCUT2D eigenvalue weighted by molar-refractivity contribution is -0.115. The number of carbonyl (C=O) groups is 1. The molecular weight excluding hydrogens is 426 g/mol. The van der Waals surface area contributed by atoms with Crippen LogP contribution < -0.4 is 15.0 Å². The third-order valence-electron chi connectivity index (χ3n) is 3.78. The molecule has 1 N–H and O–H groups in total. The van der Waals surface area contributed by atoms with Crippen molar-refractivity contribution in [2.45, 2.75) is 6.92 Å². The minimum Gasteiger partial charge on any atom is -0.494 e.